The van der Waals surface area contributed by atoms with Gasteiger partial charge in [-0.05, 0) is 142 Å². The summed E-state index contributed by atoms with van der Waals surface area (Å²) in [5, 5.41) is 37.1. The fraction of sp³-hybridized carbons (Fsp3) is 0.548. The number of fused-ring (bicyclic) bond motifs is 16. The van der Waals surface area contributed by atoms with E-state index in [0.717, 1.165) is 46.3 Å². The van der Waals surface area contributed by atoms with E-state index in [4.69, 9.17) is 14.2 Å². The van der Waals surface area contributed by atoms with Gasteiger partial charge in [-0.1, -0.05) is 73.5 Å². The molecular formula is C84H114FN14O16+. The molecule has 6 aliphatic heterocycles. The minimum absolute atomic E-state index is 0.0367. The highest BCUT2D eigenvalue weighted by Crippen LogP contribution is 2.32. The van der Waals surface area contributed by atoms with Crippen molar-refractivity contribution in [2.75, 3.05) is 87.3 Å². The second-order valence-electron chi connectivity index (χ2n) is 32.1. The van der Waals surface area contributed by atoms with Crippen molar-refractivity contribution in [3.8, 4) is 5.75 Å². The van der Waals surface area contributed by atoms with Crippen LogP contribution < -0.4 is 52.6 Å². The van der Waals surface area contributed by atoms with Crippen molar-refractivity contribution in [2.24, 2.45) is 0 Å². The van der Waals surface area contributed by atoms with Crippen LogP contribution in [0.2, 0.25) is 0 Å². The number of amides is 12. The predicted molar refractivity (Wildman–Crippen MR) is 424 cm³/mol. The van der Waals surface area contributed by atoms with Crippen molar-refractivity contribution in [2.45, 2.75) is 210 Å². The lowest BCUT2D eigenvalue weighted by Gasteiger charge is -2.37. The second kappa shape index (κ2) is 40.8. The van der Waals surface area contributed by atoms with E-state index in [2.05, 4.69) is 69.0 Å². The van der Waals surface area contributed by atoms with Gasteiger partial charge in [-0.15, -0.1) is 0 Å². The third-order valence-corrected chi connectivity index (χ3v) is 22.1. The van der Waals surface area contributed by atoms with E-state index >= 15 is 33.2 Å². The largest absolute Gasteiger partial charge is 0.497 e. The summed E-state index contributed by atoms with van der Waals surface area (Å²) in [5.74, 6) is -9.21. The Morgan fingerprint density at radius 3 is 2.17 bits per heavy atom. The van der Waals surface area contributed by atoms with Gasteiger partial charge in [0.2, 0.25) is 70.9 Å². The summed E-state index contributed by atoms with van der Waals surface area (Å²) in [6.45, 7) is 5.33. The maximum atomic E-state index is 16.3. The quantitative estimate of drug-likeness (QED) is 0.0532. The van der Waals surface area contributed by atoms with Crippen molar-refractivity contribution < 1.29 is 85.7 Å². The van der Waals surface area contributed by atoms with Crippen molar-refractivity contribution in [3.05, 3.63) is 136 Å². The number of methoxy groups -OCH3 is 1. The summed E-state index contributed by atoms with van der Waals surface area (Å²) in [6, 6.07) is 13.9. The number of carbonyl (C=O) groups excluding carboxylic acids is 12. The number of aryl methyl sites for hydroxylation is 1. The number of unbranched alkanes of at least 4 members (excludes halogenated alkanes) is 2. The SMILES string of the molecule is COc1ccc(C[C@@H]2NC(=O)[C@H]([C@@H](C)O)NC(=O)[C@@H]3[C@@H]4CCN3C(=O)[C@@H]3Cc5cn(c6ccc(F)cc56)CCCCCCN(Cc5ccc(cc5)CCNC(=O)[C@]5(C)CCCN5C2=O)C(=O)CCC(=O)N[C@@H](C)C(=O)N[C@H](CNC(=O)CCOCCCCC[N+](C)(C)C)C(=O)N[C@@H](Cc2cccc(c2)CNC(=O)CO4)C(=O)N3)cc1. The van der Waals surface area contributed by atoms with Crippen LogP contribution in [0.3, 0.4) is 0 Å². The Kier molecular flexibility index (Phi) is 30.8. The van der Waals surface area contributed by atoms with Crippen molar-refractivity contribution in [1.29, 1.82) is 0 Å². The summed E-state index contributed by atoms with van der Waals surface area (Å²) in [5.41, 5.74) is 2.72. The molecule has 622 valence electrons. The van der Waals surface area contributed by atoms with Gasteiger partial charge in [0.05, 0.1) is 53.6 Å². The van der Waals surface area contributed by atoms with Gasteiger partial charge in [0, 0.05) is 115 Å². The number of aromatic nitrogens is 1. The Hall–Kier alpha value is -10.4. The molecule has 115 heavy (non-hydrogen) atoms. The molecule has 30 nitrogen and oxygen atoms in total. The number of hydrogen-bond acceptors (Lipinski definition) is 16. The van der Waals surface area contributed by atoms with Crippen molar-refractivity contribution in [1.82, 2.24) is 67.1 Å². The average Bonchev–Trinajstić information content (AvgIpc) is 1.67. The molecule has 2 fully saturated rings. The zero-order valence-corrected chi connectivity index (χ0v) is 67.1. The van der Waals surface area contributed by atoms with Gasteiger partial charge in [0.15, 0.2) is 0 Å². The fourth-order valence-corrected chi connectivity index (χ4v) is 15.5. The summed E-state index contributed by atoms with van der Waals surface area (Å²) in [6.07, 6.45) is 3.34. The highest BCUT2D eigenvalue weighted by molar-refractivity contribution is 6.00. The smallest absolute Gasteiger partial charge is 0.246 e. The standard InChI is InChI=1S/C84H113FN14O16/c1-53-76(105)93-67(49-88-70(101)33-42-114-41-14-10-13-40-99(4,5)6)78(107)90-64-45-58-17-15-18-59(43-58)48-87-72(103)52-115-69-32-39-97-75(69)80(109)94-74(54(2)100)79(108)92-65(44-56-23-26-62(113-7)27-24-56)82(111)98-38-16-34-84(98,3)83(112)86-35-31-55-19-21-57(22-20-55)50-96(73(104)30-29-71(102)89-53)37-12-9-8-11-36-95-51-60(46-66(81(97)110)91-77(64)106)63-47-61(85)25-28-68(63)95/h15,17-28,43,47,51,53-54,64-67,69,74-75,100H,8-14,16,29-42,44-46,48-50,52H2,1-7H3,(H8-,86,87,88,89,90,91,92,93,94,101,102,103,105,106,107,108,109,112)/p+1/t53-,54+,64-,65-,66-,67+,69-,74-,75-,84-/m0/s1. The van der Waals surface area contributed by atoms with Crippen molar-refractivity contribution >= 4 is 81.8 Å². The molecule has 5 aromatic rings. The number of nitrogens with one attached hydrogen (secondary N) is 9. The van der Waals surface area contributed by atoms with Gasteiger partial charge in [0.25, 0.3) is 0 Å². The topological polar surface area (TPSA) is 376 Å². The molecule has 12 bridgehead atoms. The first-order chi connectivity index (χ1) is 55.0. The lowest BCUT2D eigenvalue weighted by Crippen LogP contribution is -2.64. The van der Waals surface area contributed by atoms with Gasteiger partial charge < -0.3 is 90.9 Å². The second-order valence-corrected chi connectivity index (χ2v) is 32.1. The van der Waals surface area contributed by atoms with E-state index in [1.54, 1.807) is 72.6 Å². The Morgan fingerprint density at radius 2 is 1.42 bits per heavy atom. The number of rotatable bonds is 15. The zero-order chi connectivity index (χ0) is 82.5. The molecule has 0 saturated carbocycles. The molecule has 0 unspecified atom stereocenters. The number of quaternary nitrogens is 1. The molecule has 11 rings (SSSR count). The number of aliphatic hydroxyl groups excluding tert-OH is 1. The van der Waals surface area contributed by atoms with Gasteiger partial charge in [-0.3, -0.25) is 57.5 Å². The van der Waals surface area contributed by atoms with Crippen LogP contribution in [0.4, 0.5) is 4.39 Å². The van der Waals surface area contributed by atoms with E-state index in [1.165, 1.54) is 38.0 Å². The number of benzene rings is 4. The minimum Gasteiger partial charge on any atom is -0.497 e. The summed E-state index contributed by atoms with van der Waals surface area (Å²) in [4.78, 5) is 183. The third kappa shape index (κ3) is 24.4. The van der Waals surface area contributed by atoms with Crippen LogP contribution in [0.25, 0.3) is 10.9 Å². The molecule has 10 atom stereocenters. The molecule has 0 radical (unpaired) electrons. The Bertz CT molecular complexity index is 4280. The molecule has 2 saturated heterocycles. The van der Waals surface area contributed by atoms with Crippen LogP contribution in [-0.4, -0.2) is 247 Å². The highest BCUT2D eigenvalue weighted by atomic mass is 19.1. The van der Waals surface area contributed by atoms with Crippen LogP contribution >= 0.6 is 0 Å². The number of aliphatic hydroxyl groups is 1. The zero-order valence-electron chi connectivity index (χ0n) is 67.1. The van der Waals surface area contributed by atoms with Gasteiger partial charge in [-0.2, -0.15) is 0 Å². The monoisotopic (exact) mass is 1590 g/mol. The first-order valence-electron chi connectivity index (χ1n) is 40.3. The number of nitrogens with zero attached hydrogens (tertiary/aromatic N) is 5. The van der Waals surface area contributed by atoms with Crippen LogP contribution in [0.15, 0.2) is 97.2 Å². The predicted octanol–water partition coefficient (Wildman–Crippen LogP) is 2.58. The average molecular weight is 1590 g/mol. The molecule has 7 heterocycles. The van der Waals surface area contributed by atoms with E-state index < -0.39 is 144 Å². The number of hydrogen-bond donors (Lipinski definition) is 10. The summed E-state index contributed by atoms with van der Waals surface area (Å²) < 4.78 is 36.1. The first-order valence-corrected chi connectivity index (χ1v) is 40.3. The third-order valence-electron chi connectivity index (χ3n) is 22.1. The van der Waals surface area contributed by atoms with Gasteiger partial charge in [-0.25, -0.2) is 4.39 Å². The maximum absolute atomic E-state index is 16.3. The van der Waals surface area contributed by atoms with E-state index in [0.29, 0.717) is 97.1 Å². The lowest BCUT2D eigenvalue weighted by molar-refractivity contribution is -0.870. The fourth-order valence-electron chi connectivity index (χ4n) is 15.5. The lowest BCUT2D eigenvalue weighted by atomic mass is 9.95. The number of halogens is 1. The normalized spacial score (nSPS) is 24.6. The molecule has 1 aromatic heterocycles. The molecule has 12 amide bonds. The molecular weight excluding hydrogens is 1480 g/mol. The van der Waals surface area contributed by atoms with Gasteiger partial charge >= 0.3 is 0 Å². The molecule has 4 aromatic carbocycles. The summed E-state index contributed by atoms with van der Waals surface area (Å²) in [7, 11) is 7.84. The van der Waals surface area contributed by atoms with Crippen LogP contribution in [0.5, 0.6) is 5.75 Å². The molecule has 31 heteroatoms. The van der Waals surface area contributed by atoms with E-state index in [9.17, 15) is 33.9 Å². The Labute approximate surface area is 670 Å². The Balaban J connectivity index is 1.06. The van der Waals surface area contributed by atoms with Gasteiger partial charge in [0.1, 0.15) is 66.0 Å². The molecule has 6 aliphatic rings. The molecule has 0 spiro atoms. The molecule has 0 aliphatic carbocycles. The Morgan fingerprint density at radius 1 is 0.687 bits per heavy atom. The van der Waals surface area contributed by atoms with Crippen LogP contribution in [-0.2, 0) is 112 Å². The highest BCUT2D eigenvalue weighted by Gasteiger charge is 2.50. The number of ether oxygens (including phenoxy) is 3. The van der Waals surface area contributed by atoms with E-state index in [1.807, 2.05) is 28.8 Å². The minimum atomic E-state index is -1.86. The molecule has 10 N–H and O–H groups in total. The van der Waals surface area contributed by atoms with E-state index in [-0.39, 0.29) is 96.6 Å². The maximum Gasteiger partial charge on any atom is 0.246 e. The number of carbonyl (C=O) groups is 12. The summed E-state index contributed by atoms with van der Waals surface area (Å²) >= 11 is 0. The van der Waals surface area contributed by atoms with Crippen LogP contribution in [0, 0.1) is 5.82 Å². The van der Waals surface area contributed by atoms with Crippen molar-refractivity contribution in [3.63, 3.8) is 0 Å². The first kappa shape index (κ1) is 87.0. The van der Waals surface area contributed by atoms with Crippen LogP contribution in [0.1, 0.15) is 138 Å².